The maximum Gasteiger partial charge on any atom is 0.336 e. The zero-order valence-corrected chi connectivity index (χ0v) is 17.2. The van der Waals surface area contributed by atoms with Gasteiger partial charge in [0, 0.05) is 34.5 Å². The number of carbonyl (C=O) groups is 1. The number of nitrogens with zero attached hydrogens (tertiary/aromatic N) is 1. The molecule has 1 aromatic carbocycles. The van der Waals surface area contributed by atoms with Gasteiger partial charge in [0.25, 0.3) is 0 Å². The van der Waals surface area contributed by atoms with Crippen LogP contribution in [0.25, 0.3) is 11.0 Å². The van der Waals surface area contributed by atoms with Crippen LogP contribution in [0.3, 0.4) is 0 Å². The molecule has 6 nitrogen and oxygen atoms in total. The van der Waals surface area contributed by atoms with Crippen molar-refractivity contribution in [3.8, 4) is 5.75 Å². The first-order chi connectivity index (χ1) is 14.5. The highest BCUT2D eigenvalue weighted by molar-refractivity contribution is 5.98. The number of Topliss-reactive ketones (excluding diaryl/α,β-unsaturated/α-hetero) is 1. The molecule has 0 spiro atoms. The smallest absolute Gasteiger partial charge is 0.336 e. The summed E-state index contributed by atoms with van der Waals surface area (Å²) in [5.74, 6) is 1.20. The Bertz CT molecular complexity index is 1260. The van der Waals surface area contributed by atoms with E-state index < -0.39 is 5.63 Å². The van der Waals surface area contributed by atoms with Gasteiger partial charge in [-0.1, -0.05) is 6.92 Å². The number of rotatable bonds is 7. The Kier molecular flexibility index (Phi) is 5.31. The maximum atomic E-state index is 12.8. The van der Waals surface area contributed by atoms with Crippen molar-refractivity contribution < 1.29 is 18.4 Å². The van der Waals surface area contributed by atoms with Gasteiger partial charge in [-0.25, -0.2) is 4.79 Å². The molecule has 0 saturated heterocycles. The fourth-order valence-corrected chi connectivity index (χ4v) is 3.70. The summed E-state index contributed by atoms with van der Waals surface area (Å²) in [5.41, 5.74) is 3.46. The third kappa shape index (κ3) is 3.81. The van der Waals surface area contributed by atoms with Crippen LogP contribution in [0.4, 0.5) is 0 Å². The normalized spacial score (nSPS) is 11.2. The average molecular weight is 405 g/mol. The number of aryl methyl sites for hydroxylation is 2. The molecular formula is C24H23NO5. The Labute approximate surface area is 173 Å². The van der Waals surface area contributed by atoms with E-state index in [0.717, 1.165) is 34.5 Å². The average Bonchev–Trinajstić information content (AvgIpc) is 3.34. The molecule has 6 heteroatoms. The van der Waals surface area contributed by atoms with E-state index in [-0.39, 0.29) is 12.4 Å². The van der Waals surface area contributed by atoms with Gasteiger partial charge in [-0.05, 0) is 56.2 Å². The van der Waals surface area contributed by atoms with Crippen LogP contribution in [-0.4, -0.2) is 17.0 Å². The lowest BCUT2D eigenvalue weighted by atomic mass is 10.1. The molecule has 4 aromatic rings. The first kappa shape index (κ1) is 19.8. The van der Waals surface area contributed by atoms with Crippen LogP contribution in [0, 0.1) is 13.8 Å². The van der Waals surface area contributed by atoms with Gasteiger partial charge in [-0.3, -0.25) is 4.79 Å². The first-order valence-corrected chi connectivity index (χ1v) is 9.88. The quantitative estimate of drug-likeness (QED) is 0.330. The second-order valence-electron chi connectivity index (χ2n) is 7.26. The number of aromatic nitrogens is 1. The molecule has 154 valence electrons. The second-order valence-corrected chi connectivity index (χ2v) is 7.26. The Morgan fingerprint density at radius 2 is 1.97 bits per heavy atom. The molecule has 0 aliphatic rings. The largest absolute Gasteiger partial charge is 0.485 e. The summed E-state index contributed by atoms with van der Waals surface area (Å²) in [6, 6.07) is 12.4. The minimum absolute atomic E-state index is 0.103. The van der Waals surface area contributed by atoms with Crippen molar-refractivity contribution in [3.05, 3.63) is 87.4 Å². The van der Waals surface area contributed by atoms with Crippen LogP contribution in [0.1, 0.15) is 40.0 Å². The molecule has 4 rings (SSSR count). The van der Waals surface area contributed by atoms with E-state index in [1.165, 1.54) is 6.07 Å². The Hall–Kier alpha value is -3.54. The van der Waals surface area contributed by atoms with Crippen LogP contribution in [-0.2, 0) is 13.0 Å². The van der Waals surface area contributed by atoms with E-state index in [1.54, 1.807) is 18.4 Å². The number of fused-ring (bicyclic) bond motifs is 1. The number of furan rings is 1. The van der Waals surface area contributed by atoms with Crippen LogP contribution >= 0.6 is 0 Å². The van der Waals surface area contributed by atoms with E-state index in [9.17, 15) is 9.59 Å². The fraction of sp³-hybridized carbons (Fsp3) is 0.250. The summed E-state index contributed by atoms with van der Waals surface area (Å²) >= 11 is 0. The predicted molar refractivity (Wildman–Crippen MR) is 113 cm³/mol. The highest BCUT2D eigenvalue weighted by Gasteiger charge is 2.17. The molecule has 0 bridgehead atoms. The summed E-state index contributed by atoms with van der Waals surface area (Å²) in [4.78, 5) is 24.5. The number of ketones is 1. The third-order valence-corrected chi connectivity index (χ3v) is 5.32. The van der Waals surface area contributed by atoms with Gasteiger partial charge in [0.2, 0.25) is 5.78 Å². The minimum atomic E-state index is -0.392. The molecule has 0 unspecified atom stereocenters. The molecule has 0 fully saturated rings. The molecule has 0 aliphatic heterocycles. The van der Waals surface area contributed by atoms with Gasteiger partial charge in [0.1, 0.15) is 17.1 Å². The van der Waals surface area contributed by atoms with Gasteiger partial charge >= 0.3 is 5.63 Å². The molecule has 0 radical (unpaired) electrons. The van der Waals surface area contributed by atoms with Crippen molar-refractivity contribution >= 4 is 16.8 Å². The predicted octanol–water partition coefficient (Wildman–Crippen LogP) is 4.68. The molecule has 0 aliphatic carbocycles. The van der Waals surface area contributed by atoms with Crippen molar-refractivity contribution in [2.45, 2.75) is 33.7 Å². The van der Waals surface area contributed by atoms with Crippen molar-refractivity contribution in [1.29, 1.82) is 0 Å². The number of hydrogen-bond acceptors (Lipinski definition) is 5. The zero-order valence-electron chi connectivity index (χ0n) is 17.2. The molecule has 30 heavy (non-hydrogen) atoms. The molecule has 0 atom stereocenters. The lowest BCUT2D eigenvalue weighted by molar-refractivity contribution is 0.0920. The standard InChI is InChI=1S/C24H23NO5/c1-4-17-11-24(27)30-23-12-18(7-8-20(17)23)29-14-22(26)21-10-15(2)25(16(21)3)13-19-6-5-9-28-19/h5-12H,4,13-14H2,1-3H3. The van der Waals surface area contributed by atoms with Crippen LogP contribution in [0.5, 0.6) is 5.75 Å². The van der Waals surface area contributed by atoms with Gasteiger partial charge < -0.3 is 18.1 Å². The van der Waals surface area contributed by atoms with Crippen molar-refractivity contribution in [1.82, 2.24) is 4.57 Å². The first-order valence-electron chi connectivity index (χ1n) is 9.88. The van der Waals surface area contributed by atoms with Crippen molar-refractivity contribution in [2.24, 2.45) is 0 Å². The molecule has 3 heterocycles. The topological polar surface area (TPSA) is 74.6 Å². The van der Waals surface area contributed by atoms with E-state index in [4.69, 9.17) is 13.6 Å². The zero-order chi connectivity index (χ0) is 21.3. The van der Waals surface area contributed by atoms with Crippen molar-refractivity contribution in [3.63, 3.8) is 0 Å². The Morgan fingerprint density at radius 3 is 2.70 bits per heavy atom. The second kappa shape index (κ2) is 8.06. The maximum absolute atomic E-state index is 12.8. The SMILES string of the molecule is CCc1cc(=O)oc2cc(OCC(=O)c3cc(C)n(Cc4ccco4)c3C)ccc12. The summed E-state index contributed by atoms with van der Waals surface area (Å²) < 4.78 is 18.5. The molecule has 0 saturated carbocycles. The summed E-state index contributed by atoms with van der Waals surface area (Å²) in [6.45, 7) is 6.33. The number of ether oxygens (including phenoxy) is 1. The van der Waals surface area contributed by atoms with Gasteiger partial charge in [-0.15, -0.1) is 0 Å². The summed E-state index contributed by atoms with van der Waals surface area (Å²) in [5, 5.41) is 0.872. The molecule has 0 amide bonds. The Balaban J connectivity index is 1.52. The highest BCUT2D eigenvalue weighted by atomic mass is 16.5. The lowest BCUT2D eigenvalue weighted by Gasteiger charge is -2.09. The Morgan fingerprint density at radius 1 is 1.13 bits per heavy atom. The van der Waals surface area contributed by atoms with Gasteiger partial charge in [0.05, 0.1) is 12.8 Å². The number of carbonyl (C=O) groups excluding carboxylic acids is 1. The molecule has 0 N–H and O–H groups in total. The van der Waals surface area contributed by atoms with E-state index in [1.807, 2.05) is 49.6 Å². The van der Waals surface area contributed by atoms with Crippen LogP contribution < -0.4 is 10.4 Å². The number of hydrogen-bond donors (Lipinski definition) is 0. The minimum Gasteiger partial charge on any atom is -0.485 e. The van der Waals surface area contributed by atoms with E-state index >= 15 is 0 Å². The van der Waals surface area contributed by atoms with Gasteiger partial charge in [-0.2, -0.15) is 0 Å². The molecule has 3 aromatic heterocycles. The highest BCUT2D eigenvalue weighted by Crippen LogP contribution is 2.24. The number of benzene rings is 1. The van der Waals surface area contributed by atoms with E-state index in [0.29, 0.717) is 23.4 Å². The monoisotopic (exact) mass is 405 g/mol. The third-order valence-electron chi connectivity index (χ3n) is 5.32. The van der Waals surface area contributed by atoms with Gasteiger partial charge in [0.15, 0.2) is 6.61 Å². The van der Waals surface area contributed by atoms with E-state index in [2.05, 4.69) is 0 Å². The summed E-state index contributed by atoms with van der Waals surface area (Å²) in [7, 11) is 0. The molecular weight excluding hydrogens is 382 g/mol. The van der Waals surface area contributed by atoms with Crippen LogP contribution in [0.2, 0.25) is 0 Å². The lowest BCUT2D eigenvalue weighted by Crippen LogP contribution is -2.13. The van der Waals surface area contributed by atoms with Crippen molar-refractivity contribution in [2.75, 3.05) is 6.61 Å². The summed E-state index contributed by atoms with van der Waals surface area (Å²) in [6.07, 6.45) is 2.37. The fourth-order valence-electron chi connectivity index (χ4n) is 3.70. The van der Waals surface area contributed by atoms with Crippen LogP contribution in [0.15, 0.2) is 62.4 Å².